The molecule has 2 rings (SSSR count). The van der Waals surface area contributed by atoms with Crippen molar-refractivity contribution in [2.24, 2.45) is 0 Å². The molecule has 2 heterocycles. The van der Waals surface area contributed by atoms with E-state index < -0.39 is 5.97 Å². The van der Waals surface area contributed by atoms with Crippen molar-refractivity contribution in [3.05, 3.63) is 27.2 Å². The summed E-state index contributed by atoms with van der Waals surface area (Å²) in [6.45, 7) is 5.66. The lowest BCUT2D eigenvalue weighted by atomic mass is 9.99. The van der Waals surface area contributed by atoms with Crippen LogP contribution in [0.4, 0.5) is 5.95 Å². The molecule has 0 amide bonds. The Labute approximate surface area is 121 Å². The number of carbonyl (C=O) groups is 1. The van der Waals surface area contributed by atoms with Crippen molar-refractivity contribution in [3.8, 4) is 0 Å². The Balaban J connectivity index is 2.85. The third-order valence-electron chi connectivity index (χ3n) is 3.14. The second-order valence-corrected chi connectivity index (χ2v) is 4.67. The second-order valence-electron chi connectivity index (χ2n) is 4.67. The maximum Gasteiger partial charge on any atom is 0.340 e. The molecule has 0 bridgehead atoms. The summed E-state index contributed by atoms with van der Waals surface area (Å²) >= 11 is 0. The number of ether oxygens (including phenoxy) is 1. The first-order valence-electron chi connectivity index (χ1n) is 6.85. The molecule has 0 aliphatic rings. The van der Waals surface area contributed by atoms with Crippen molar-refractivity contribution < 1.29 is 9.53 Å². The minimum atomic E-state index is -0.468. The molecule has 0 aliphatic carbocycles. The van der Waals surface area contributed by atoms with Gasteiger partial charge >= 0.3 is 5.97 Å². The number of pyridine rings is 1. The number of anilines is 1. The first-order valence-corrected chi connectivity index (χ1v) is 6.85. The van der Waals surface area contributed by atoms with E-state index in [9.17, 15) is 9.59 Å². The largest absolute Gasteiger partial charge is 0.462 e. The van der Waals surface area contributed by atoms with Gasteiger partial charge in [-0.3, -0.25) is 9.78 Å². The topological polar surface area (TPSA) is 111 Å². The molecule has 0 unspecified atom stereocenters. The number of carbonyl (C=O) groups excluding carboxylic acids is 1. The van der Waals surface area contributed by atoms with Crippen molar-refractivity contribution in [1.82, 2.24) is 15.0 Å². The van der Waals surface area contributed by atoms with Crippen LogP contribution in [0.15, 0.2) is 4.79 Å². The number of hydrogen-bond acceptors (Lipinski definition) is 6. The summed E-state index contributed by atoms with van der Waals surface area (Å²) in [5.74, 6) is -0.463. The average Bonchev–Trinajstić information content (AvgIpc) is 2.37. The summed E-state index contributed by atoms with van der Waals surface area (Å²) < 4.78 is 5.07. The molecule has 2 aromatic rings. The highest BCUT2D eigenvalue weighted by Gasteiger charge is 2.22. The first kappa shape index (κ1) is 15.0. The fourth-order valence-corrected chi connectivity index (χ4v) is 2.36. The van der Waals surface area contributed by atoms with Crippen LogP contribution < -0.4 is 11.3 Å². The number of aromatic nitrogens is 3. The van der Waals surface area contributed by atoms with Crippen LogP contribution in [0.1, 0.15) is 41.9 Å². The van der Waals surface area contributed by atoms with Gasteiger partial charge in [0.15, 0.2) is 5.65 Å². The third kappa shape index (κ3) is 2.72. The van der Waals surface area contributed by atoms with Crippen LogP contribution in [0.3, 0.4) is 0 Å². The van der Waals surface area contributed by atoms with Gasteiger partial charge < -0.3 is 10.5 Å². The average molecular weight is 290 g/mol. The highest BCUT2D eigenvalue weighted by molar-refractivity contribution is 5.97. The number of aromatic amines is 1. The van der Waals surface area contributed by atoms with E-state index >= 15 is 0 Å². The van der Waals surface area contributed by atoms with Crippen LogP contribution in [-0.4, -0.2) is 27.5 Å². The maximum atomic E-state index is 12.2. The molecule has 0 aromatic carbocycles. The molecule has 3 N–H and O–H groups in total. The number of hydrogen-bond donors (Lipinski definition) is 2. The molecular weight excluding hydrogens is 272 g/mol. The van der Waals surface area contributed by atoms with Gasteiger partial charge in [-0.05, 0) is 25.8 Å². The van der Waals surface area contributed by atoms with Gasteiger partial charge in [0.2, 0.25) is 5.95 Å². The van der Waals surface area contributed by atoms with E-state index in [4.69, 9.17) is 10.5 Å². The summed E-state index contributed by atoms with van der Waals surface area (Å²) in [6.07, 6.45) is 1.33. The van der Waals surface area contributed by atoms with E-state index in [1.54, 1.807) is 13.8 Å². The number of nitrogens with zero attached hydrogens (tertiary/aromatic N) is 2. The number of rotatable bonds is 4. The number of nitrogen functional groups attached to an aromatic ring is 1. The van der Waals surface area contributed by atoms with Crippen LogP contribution in [-0.2, 0) is 11.2 Å². The molecule has 0 radical (unpaired) electrons. The van der Waals surface area contributed by atoms with Crippen molar-refractivity contribution in [1.29, 1.82) is 0 Å². The van der Waals surface area contributed by atoms with Crippen LogP contribution in [0.25, 0.3) is 11.0 Å². The lowest BCUT2D eigenvalue weighted by Gasteiger charge is -2.13. The van der Waals surface area contributed by atoms with Crippen LogP contribution >= 0.6 is 0 Å². The van der Waals surface area contributed by atoms with E-state index in [1.807, 2.05) is 6.92 Å². The molecule has 21 heavy (non-hydrogen) atoms. The fourth-order valence-electron chi connectivity index (χ4n) is 2.36. The highest BCUT2D eigenvalue weighted by atomic mass is 16.5. The normalized spacial score (nSPS) is 10.8. The van der Waals surface area contributed by atoms with Gasteiger partial charge in [0.05, 0.1) is 23.3 Å². The Morgan fingerprint density at radius 2 is 2.05 bits per heavy atom. The fraction of sp³-hybridized carbons (Fsp3) is 0.429. The molecule has 7 heteroatoms. The molecule has 7 nitrogen and oxygen atoms in total. The van der Waals surface area contributed by atoms with Crippen LogP contribution in [0.5, 0.6) is 0 Å². The van der Waals surface area contributed by atoms with Gasteiger partial charge in [0.25, 0.3) is 5.56 Å². The minimum Gasteiger partial charge on any atom is -0.462 e. The van der Waals surface area contributed by atoms with E-state index in [0.29, 0.717) is 28.6 Å². The van der Waals surface area contributed by atoms with Gasteiger partial charge in [0, 0.05) is 0 Å². The van der Waals surface area contributed by atoms with Gasteiger partial charge in [-0.25, -0.2) is 9.78 Å². The quantitative estimate of drug-likeness (QED) is 0.822. The molecule has 0 fully saturated rings. The summed E-state index contributed by atoms with van der Waals surface area (Å²) in [4.78, 5) is 35.1. The Morgan fingerprint density at radius 1 is 1.33 bits per heavy atom. The zero-order valence-electron chi connectivity index (χ0n) is 12.3. The van der Waals surface area contributed by atoms with E-state index in [0.717, 1.165) is 6.42 Å². The Bertz CT molecular complexity index is 752. The Morgan fingerprint density at radius 3 is 2.67 bits per heavy atom. The molecule has 0 aliphatic heterocycles. The Kier molecular flexibility index (Phi) is 4.21. The molecular formula is C14H18N4O3. The first-order chi connectivity index (χ1) is 9.99. The third-order valence-corrected chi connectivity index (χ3v) is 3.14. The summed E-state index contributed by atoms with van der Waals surface area (Å²) in [5.41, 5.74) is 6.87. The number of H-pyrrole nitrogens is 1. The Hall–Kier alpha value is -2.44. The number of aryl methyl sites for hydroxylation is 2. The predicted octanol–water partition coefficient (Wildman–Crippen LogP) is 1.34. The van der Waals surface area contributed by atoms with E-state index in [-0.39, 0.29) is 23.8 Å². The van der Waals surface area contributed by atoms with Gasteiger partial charge in [0.1, 0.15) is 0 Å². The smallest absolute Gasteiger partial charge is 0.340 e. The highest BCUT2D eigenvalue weighted by Crippen LogP contribution is 2.22. The number of nitrogens with one attached hydrogen (secondary N) is 1. The number of esters is 1. The predicted molar refractivity (Wildman–Crippen MR) is 79.3 cm³/mol. The SMILES string of the molecule is CCCc1c(C(=O)OCC)c(C)nc2nc(N)[nH]c(=O)c12. The van der Waals surface area contributed by atoms with Gasteiger partial charge in [-0.15, -0.1) is 0 Å². The van der Waals surface area contributed by atoms with Crippen molar-refractivity contribution in [2.45, 2.75) is 33.6 Å². The molecule has 2 aromatic heterocycles. The zero-order valence-corrected chi connectivity index (χ0v) is 12.3. The lowest BCUT2D eigenvalue weighted by molar-refractivity contribution is 0.0524. The molecule has 0 atom stereocenters. The van der Waals surface area contributed by atoms with E-state index in [1.165, 1.54) is 0 Å². The maximum absolute atomic E-state index is 12.2. The van der Waals surface area contributed by atoms with Crippen molar-refractivity contribution in [3.63, 3.8) is 0 Å². The number of nitrogens with two attached hydrogens (primary N) is 1. The summed E-state index contributed by atoms with van der Waals surface area (Å²) in [5, 5.41) is 0.305. The standard InChI is InChI=1S/C14H18N4O3/c1-4-6-8-9(13(20)21-5-2)7(3)16-11-10(8)12(19)18-14(15)17-11/h4-6H2,1-3H3,(H3,15,16,17,18,19). The second kappa shape index (κ2) is 5.90. The lowest BCUT2D eigenvalue weighted by Crippen LogP contribution is -2.19. The molecule has 0 spiro atoms. The van der Waals surface area contributed by atoms with Crippen molar-refractivity contribution in [2.75, 3.05) is 12.3 Å². The van der Waals surface area contributed by atoms with Crippen molar-refractivity contribution >= 4 is 23.0 Å². The van der Waals surface area contributed by atoms with E-state index in [2.05, 4.69) is 15.0 Å². The summed E-state index contributed by atoms with van der Waals surface area (Å²) in [6, 6.07) is 0. The molecule has 0 saturated carbocycles. The van der Waals surface area contributed by atoms with Crippen LogP contribution in [0.2, 0.25) is 0 Å². The van der Waals surface area contributed by atoms with Gasteiger partial charge in [-0.2, -0.15) is 4.98 Å². The van der Waals surface area contributed by atoms with Gasteiger partial charge in [-0.1, -0.05) is 13.3 Å². The monoisotopic (exact) mass is 290 g/mol. The molecule has 0 saturated heterocycles. The number of fused-ring (bicyclic) bond motifs is 1. The minimum absolute atomic E-state index is 0.00531. The summed E-state index contributed by atoms with van der Waals surface area (Å²) in [7, 11) is 0. The zero-order chi connectivity index (χ0) is 15.6. The molecule has 112 valence electrons. The van der Waals surface area contributed by atoms with Crippen LogP contribution in [0, 0.1) is 6.92 Å².